The highest BCUT2D eigenvalue weighted by atomic mass is 16.5. The van der Waals surface area contributed by atoms with E-state index in [0.717, 1.165) is 11.1 Å². The second-order valence-electron chi connectivity index (χ2n) is 5.53. The molecule has 1 atom stereocenters. The molecule has 3 rings (SSSR count). The van der Waals surface area contributed by atoms with Crippen LogP contribution in [0.2, 0.25) is 0 Å². The Kier molecular flexibility index (Phi) is 3.90. The maximum atomic E-state index is 12.6. The molecule has 2 aromatic carbocycles. The number of nitrogens with zero attached hydrogens (tertiary/aromatic N) is 2. The lowest BCUT2D eigenvalue weighted by molar-refractivity contribution is -0.126. The van der Waals surface area contributed by atoms with Crippen LogP contribution in [0.5, 0.6) is 11.5 Å². The molecule has 1 amide bonds. The highest BCUT2D eigenvalue weighted by Crippen LogP contribution is 2.37. The van der Waals surface area contributed by atoms with Crippen molar-refractivity contribution in [3.05, 3.63) is 53.6 Å². The second-order valence-corrected chi connectivity index (χ2v) is 5.53. The van der Waals surface area contributed by atoms with E-state index in [-0.39, 0.29) is 18.2 Å². The van der Waals surface area contributed by atoms with Crippen LogP contribution in [0.25, 0.3) is 0 Å². The topological polar surface area (TPSA) is 73.6 Å². The van der Waals surface area contributed by atoms with Crippen molar-refractivity contribution in [2.45, 2.75) is 19.4 Å². The Morgan fingerprint density at radius 3 is 2.70 bits per heavy atom. The lowest BCUT2D eigenvalue weighted by Crippen LogP contribution is -2.47. The number of fused-ring (bicyclic) bond motifs is 1. The van der Waals surface area contributed by atoms with Gasteiger partial charge in [0.1, 0.15) is 18.0 Å². The average Bonchev–Trinajstić information content (AvgIpc) is 2.54. The first kappa shape index (κ1) is 14.9. The molecule has 0 bridgehead atoms. The van der Waals surface area contributed by atoms with Crippen LogP contribution >= 0.6 is 0 Å². The van der Waals surface area contributed by atoms with E-state index in [0.29, 0.717) is 17.9 Å². The molecule has 0 aromatic heterocycles. The number of ether oxygens (including phenoxy) is 1. The monoisotopic (exact) mass is 308 g/mol. The molecular formula is C18H16N2O3. The summed E-state index contributed by atoms with van der Waals surface area (Å²) < 4.78 is 5.80. The van der Waals surface area contributed by atoms with Crippen LogP contribution in [0.15, 0.2) is 42.5 Å². The summed E-state index contributed by atoms with van der Waals surface area (Å²) in [5.74, 6) is 0.250. The van der Waals surface area contributed by atoms with Gasteiger partial charge in [0.25, 0.3) is 5.91 Å². The lowest BCUT2D eigenvalue weighted by Gasteiger charge is -2.33. The van der Waals surface area contributed by atoms with Gasteiger partial charge < -0.3 is 9.84 Å². The fraction of sp³-hybridized carbons (Fsp3) is 0.222. The number of aromatic hydroxyl groups is 1. The molecule has 1 aliphatic rings. The molecule has 0 saturated heterocycles. The zero-order valence-corrected chi connectivity index (χ0v) is 12.7. The Morgan fingerprint density at radius 2 is 2.00 bits per heavy atom. The van der Waals surface area contributed by atoms with Crippen LogP contribution in [0.3, 0.4) is 0 Å². The number of hydrogen-bond acceptors (Lipinski definition) is 4. The summed E-state index contributed by atoms with van der Waals surface area (Å²) in [6, 6.07) is 14.4. The van der Waals surface area contributed by atoms with Crippen molar-refractivity contribution < 1.29 is 14.6 Å². The number of carbonyl (C=O) groups is 1. The summed E-state index contributed by atoms with van der Waals surface area (Å²) in [4.78, 5) is 14.0. The minimum atomic E-state index is -0.678. The number of hydrogen-bond donors (Lipinski definition) is 1. The van der Waals surface area contributed by atoms with Crippen molar-refractivity contribution in [2.75, 3.05) is 11.4 Å². The number of anilines is 1. The van der Waals surface area contributed by atoms with Crippen LogP contribution in [0.1, 0.15) is 11.1 Å². The van der Waals surface area contributed by atoms with Crippen molar-refractivity contribution in [1.82, 2.24) is 0 Å². The van der Waals surface area contributed by atoms with Gasteiger partial charge in [-0.1, -0.05) is 29.8 Å². The summed E-state index contributed by atoms with van der Waals surface area (Å²) in [7, 11) is 0. The van der Waals surface area contributed by atoms with Crippen LogP contribution < -0.4 is 9.64 Å². The third-order valence-electron chi connectivity index (χ3n) is 3.81. The van der Waals surface area contributed by atoms with Gasteiger partial charge >= 0.3 is 0 Å². The van der Waals surface area contributed by atoms with Gasteiger partial charge in [0.2, 0.25) is 0 Å². The number of benzene rings is 2. The van der Waals surface area contributed by atoms with Crippen LogP contribution in [0.4, 0.5) is 5.69 Å². The Balaban J connectivity index is 1.91. The van der Waals surface area contributed by atoms with Gasteiger partial charge in [0.05, 0.1) is 11.8 Å². The molecule has 0 radical (unpaired) electrons. The van der Waals surface area contributed by atoms with E-state index in [1.54, 1.807) is 6.07 Å². The van der Waals surface area contributed by atoms with E-state index >= 15 is 0 Å². The van der Waals surface area contributed by atoms with Crippen molar-refractivity contribution in [3.8, 4) is 17.6 Å². The maximum absolute atomic E-state index is 12.6. The molecule has 0 aliphatic carbocycles. The number of rotatable bonds is 3. The fourth-order valence-electron chi connectivity index (χ4n) is 2.61. The summed E-state index contributed by atoms with van der Waals surface area (Å²) in [5.41, 5.74) is 2.57. The van der Waals surface area contributed by atoms with Crippen molar-refractivity contribution in [2.24, 2.45) is 0 Å². The molecule has 2 aromatic rings. The van der Waals surface area contributed by atoms with Gasteiger partial charge in [-0.15, -0.1) is 0 Å². The normalized spacial score (nSPS) is 16.4. The van der Waals surface area contributed by atoms with Gasteiger partial charge in [0.15, 0.2) is 6.10 Å². The van der Waals surface area contributed by atoms with E-state index in [1.165, 1.54) is 17.0 Å². The van der Waals surface area contributed by atoms with Crippen LogP contribution in [0, 0.1) is 18.3 Å². The van der Waals surface area contributed by atoms with E-state index in [9.17, 15) is 9.90 Å². The number of phenols is 1. The Hall–Kier alpha value is -3.00. The highest BCUT2D eigenvalue weighted by Gasteiger charge is 2.34. The fourth-order valence-corrected chi connectivity index (χ4v) is 2.61. The number of amides is 1. The minimum absolute atomic E-state index is 0.0278. The summed E-state index contributed by atoms with van der Waals surface area (Å²) in [6.07, 6.45) is -0.246. The van der Waals surface area contributed by atoms with Gasteiger partial charge in [0, 0.05) is 12.5 Å². The SMILES string of the molecule is Cc1ccc(CC2Oc3ccc(O)cc3N(CC#N)C2=O)cc1. The minimum Gasteiger partial charge on any atom is -0.508 e. The third kappa shape index (κ3) is 2.97. The smallest absolute Gasteiger partial charge is 0.269 e. The number of carbonyl (C=O) groups excluding carboxylic acids is 1. The molecular weight excluding hydrogens is 292 g/mol. The van der Waals surface area contributed by atoms with Crippen molar-refractivity contribution in [3.63, 3.8) is 0 Å². The first-order chi connectivity index (χ1) is 11.1. The van der Waals surface area contributed by atoms with Crippen molar-refractivity contribution >= 4 is 11.6 Å². The van der Waals surface area contributed by atoms with E-state index in [1.807, 2.05) is 37.3 Å². The number of nitriles is 1. The predicted molar refractivity (Wildman–Crippen MR) is 85.4 cm³/mol. The molecule has 0 fully saturated rings. The third-order valence-corrected chi connectivity index (χ3v) is 3.81. The second kappa shape index (κ2) is 6.01. The predicted octanol–water partition coefficient (Wildman–Crippen LogP) is 2.56. The lowest BCUT2D eigenvalue weighted by atomic mass is 10.0. The standard InChI is InChI=1S/C18H16N2O3/c1-12-2-4-13(5-3-12)10-17-18(22)20(9-8-19)15-11-14(21)6-7-16(15)23-17/h2-7,11,17,21H,9-10H2,1H3. The molecule has 1 unspecified atom stereocenters. The molecule has 5 heteroatoms. The molecule has 0 saturated carbocycles. The van der Waals surface area contributed by atoms with Gasteiger partial charge in [-0.05, 0) is 24.6 Å². The van der Waals surface area contributed by atoms with Crippen LogP contribution in [-0.4, -0.2) is 23.7 Å². The molecule has 1 N–H and O–H groups in total. The highest BCUT2D eigenvalue weighted by molar-refractivity contribution is 6.00. The van der Waals surface area contributed by atoms with E-state index in [2.05, 4.69) is 0 Å². The molecule has 23 heavy (non-hydrogen) atoms. The van der Waals surface area contributed by atoms with E-state index < -0.39 is 6.10 Å². The first-order valence-corrected chi connectivity index (χ1v) is 7.32. The average molecular weight is 308 g/mol. The van der Waals surface area contributed by atoms with Crippen LogP contribution in [-0.2, 0) is 11.2 Å². The zero-order valence-electron chi connectivity index (χ0n) is 12.7. The summed E-state index contributed by atoms with van der Waals surface area (Å²) in [6.45, 7) is 1.92. The summed E-state index contributed by atoms with van der Waals surface area (Å²) >= 11 is 0. The summed E-state index contributed by atoms with van der Waals surface area (Å²) in [5, 5.41) is 18.6. The van der Waals surface area contributed by atoms with Crippen molar-refractivity contribution in [1.29, 1.82) is 5.26 Å². The molecule has 1 heterocycles. The molecule has 5 nitrogen and oxygen atoms in total. The van der Waals surface area contributed by atoms with Gasteiger partial charge in [-0.3, -0.25) is 9.69 Å². The first-order valence-electron chi connectivity index (χ1n) is 7.32. The Morgan fingerprint density at radius 1 is 1.26 bits per heavy atom. The zero-order chi connectivity index (χ0) is 16.4. The Bertz CT molecular complexity index is 778. The Labute approximate surface area is 134 Å². The largest absolute Gasteiger partial charge is 0.508 e. The van der Waals surface area contributed by atoms with E-state index in [4.69, 9.17) is 10.00 Å². The van der Waals surface area contributed by atoms with Gasteiger partial charge in [-0.2, -0.15) is 5.26 Å². The number of aryl methyl sites for hydroxylation is 1. The quantitative estimate of drug-likeness (QED) is 0.884. The molecule has 116 valence electrons. The molecule has 1 aliphatic heterocycles. The molecule has 0 spiro atoms. The maximum Gasteiger partial charge on any atom is 0.269 e. The number of phenolic OH excluding ortho intramolecular Hbond substituents is 1. The van der Waals surface area contributed by atoms with Gasteiger partial charge in [-0.25, -0.2) is 0 Å².